The van der Waals surface area contributed by atoms with E-state index in [1.807, 2.05) is 19.3 Å². The second-order valence-corrected chi connectivity index (χ2v) is 9.05. The van der Waals surface area contributed by atoms with E-state index < -0.39 is 15.8 Å². The van der Waals surface area contributed by atoms with Gasteiger partial charge in [0.2, 0.25) is 10.0 Å². The molecule has 2 heterocycles. The molecular weight excluding hydrogens is 365 g/mol. The van der Waals surface area contributed by atoms with E-state index in [1.54, 1.807) is 6.07 Å². The van der Waals surface area contributed by atoms with Gasteiger partial charge in [0.1, 0.15) is 5.82 Å². The first-order valence-corrected chi connectivity index (χ1v) is 11.2. The van der Waals surface area contributed by atoms with Gasteiger partial charge in [-0.2, -0.15) is 0 Å². The molecule has 7 heteroatoms. The van der Waals surface area contributed by atoms with Crippen molar-refractivity contribution in [3.63, 3.8) is 0 Å². The number of nitrogens with one attached hydrogen (secondary N) is 1. The third-order valence-corrected chi connectivity index (χ3v) is 6.47. The van der Waals surface area contributed by atoms with E-state index in [9.17, 15) is 12.8 Å². The molecule has 0 amide bonds. The number of benzene rings is 1. The highest BCUT2D eigenvalue weighted by molar-refractivity contribution is 7.88. The minimum atomic E-state index is -3.55. The monoisotopic (exact) mass is 393 g/mol. The Morgan fingerprint density at radius 1 is 1.11 bits per heavy atom. The van der Waals surface area contributed by atoms with Crippen LogP contribution in [-0.2, 0) is 22.8 Å². The molecule has 1 unspecified atom stereocenters. The highest BCUT2D eigenvalue weighted by Gasteiger charge is 2.25. The van der Waals surface area contributed by atoms with Gasteiger partial charge in [0.05, 0.1) is 11.8 Å². The lowest BCUT2D eigenvalue weighted by molar-refractivity contribution is 0.199. The van der Waals surface area contributed by atoms with Crippen LogP contribution in [0.25, 0.3) is 0 Å². The maximum atomic E-state index is 13.3. The molecule has 3 rings (SSSR count). The summed E-state index contributed by atoms with van der Waals surface area (Å²) < 4.78 is 43.3. The molecule has 0 radical (unpaired) electrons. The standard InChI is InChI=1S/C20H28FN3O2S/c1-23-11-7-10-19(23)20(24-12-4-2-3-5-13-24)15-22-27(25,26)16-17-8-6-9-18(21)14-17/h6-11,14,20,22H,2-5,12-13,15-16H2,1H3. The summed E-state index contributed by atoms with van der Waals surface area (Å²) in [6, 6.07) is 9.77. The van der Waals surface area contributed by atoms with E-state index in [1.165, 1.54) is 31.0 Å². The van der Waals surface area contributed by atoms with E-state index in [-0.39, 0.29) is 11.8 Å². The van der Waals surface area contributed by atoms with Crippen molar-refractivity contribution in [3.05, 3.63) is 59.7 Å². The zero-order valence-corrected chi connectivity index (χ0v) is 16.6. The van der Waals surface area contributed by atoms with Crippen LogP contribution in [0.15, 0.2) is 42.6 Å². The summed E-state index contributed by atoms with van der Waals surface area (Å²) in [6.45, 7) is 2.26. The topological polar surface area (TPSA) is 54.3 Å². The summed E-state index contributed by atoms with van der Waals surface area (Å²) in [4.78, 5) is 2.38. The lowest BCUT2D eigenvalue weighted by Crippen LogP contribution is -2.39. The smallest absolute Gasteiger partial charge is 0.215 e. The normalized spacial score (nSPS) is 17.6. The quantitative estimate of drug-likeness (QED) is 0.786. The SMILES string of the molecule is Cn1cccc1C(CNS(=O)(=O)Cc1cccc(F)c1)N1CCCCCC1. The third-order valence-electron chi connectivity index (χ3n) is 5.15. The van der Waals surface area contributed by atoms with Gasteiger partial charge in [-0.1, -0.05) is 25.0 Å². The summed E-state index contributed by atoms with van der Waals surface area (Å²) in [5.74, 6) is -0.640. The molecule has 1 fully saturated rings. The fourth-order valence-corrected chi connectivity index (χ4v) is 4.88. The molecule has 0 bridgehead atoms. The predicted octanol–water partition coefficient (Wildman–Crippen LogP) is 3.20. The number of halogens is 1. The molecule has 0 aliphatic carbocycles. The summed E-state index contributed by atoms with van der Waals surface area (Å²) >= 11 is 0. The van der Waals surface area contributed by atoms with E-state index >= 15 is 0 Å². The Morgan fingerprint density at radius 2 is 1.85 bits per heavy atom. The van der Waals surface area contributed by atoms with Crippen molar-refractivity contribution in [2.24, 2.45) is 7.05 Å². The molecule has 2 aromatic rings. The number of aromatic nitrogens is 1. The second kappa shape index (κ2) is 8.99. The van der Waals surface area contributed by atoms with Crippen LogP contribution in [0.2, 0.25) is 0 Å². The Kier molecular flexibility index (Phi) is 6.68. The van der Waals surface area contributed by atoms with Gasteiger partial charge >= 0.3 is 0 Å². The summed E-state index contributed by atoms with van der Waals surface area (Å²) in [7, 11) is -1.56. The van der Waals surface area contributed by atoms with Gasteiger partial charge in [0.25, 0.3) is 0 Å². The van der Waals surface area contributed by atoms with E-state index in [0.717, 1.165) is 31.6 Å². The minimum absolute atomic E-state index is 0.00890. The molecule has 1 aliphatic heterocycles. The molecule has 27 heavy (non-hydrogen) atoms. The molecule has 1 aromatic heterocycles. The lowest BCUT2D eigenvalue weighted by Gasteiger charge is -2.31. The van der Waals surface area contributed by atoms with Gasteiger partial charge in [-0.15, -0.1) is 0 Å². The molecule has 1 aromatic carbocycles. The molecular formula is C20H28FN3O2S. The van der Waals surface area contributed by atoms with Crippen LogP contribution in [0.4, 0.5) is 4.39 Å². The highest BCUT2D eigenvalue weighted by atomic mass is 32.2. The van der Waals surface area contributed by atoms with Crippen LogP contribution in [0.3, 0.4) is 0 Å². The summed E-state index contributed by atoms with van der Waals surface area (Å²) in [6.07, 6.45) is 6.71. The molecule has 1 saturated heterocycles. The molecule has 0 spiro atoms. The van der Waals surface area contributed by atoms with Gasteiger partial charge in [-0.25, -0.2) is 17.5 Å². The van der Waals surface area contributed by atoms with Crippen molar-refractivity contribution in [1.82, 2.24) is 14.2 Å². The van der Waals surface area contributed by atoms with Crippen LogP contribution in [0, 0.1) is 5.82 Å². The number of hydrogen-bond donors (Lipinski definition) is 1. The molecule has 1 atom stereocenters. The zero-order valence-electron chi connectivity index (χ0n) is 15.8. The average Bonchev–Trinajstić information content (AvgIpc) is 2.86. The van der Waals surface area contributed by atoms with E-state index in [2.05, 4.69) is 20.3 Å². The molecule has 5 nitrogen and oxygen atoms in total. The first kappa shape index (κ1) is 20.0. The first-order valence-electron chi connectivity index (χ1n) is 9.52. The lowest BCUT2D eigenvalue weighted by atomic mass is 10.1. The van der Waals surface area contributed by atoms with Gasteiger partial charge in [0.15, 0.2) is 0 Å². The van der Waals surface area contributed by atoms with E-state index in [0.29, 0.717) is 12.1 Å². The number of sulfonamides is 1. The van der Waals surface area contributed by atoms with Gasteiger partial charge in [0, 0.05) is 25.5 Å². The zero-order chi connectivity index (χ0) is 19.3. The second-order valence-electron chi connectivity index (χ2n) is 7.25. The predicted molar refractivity (Wildman–Crippen MR) is 105 cm³/mol. The Morgan fingerprint density at radius 3 is 2.48 bits per heavy atom. The fraction of sp³-hybridized carbons (Fsp3) is 0.500. The number of aryl methyl sites for hydroxylation is 1. The van der Waals surface area contributed by atoms with Crippen molar-refractivity contribution >= 4 is 10.0 Å². The molecule has 148 valence electrons. The van der Waals surface area contributed by atoms with Gasteiger partial charge in [-0.05, 0) is 55.8 Å². The van der Waals surface area contributed by atoms with Crippen LogP contribution in [-0.4, -0.2) is 37.5 Å². The third kappa shape index (κ3) is 5.64. The number of nitrogens with zero attached hydrogens (tertiary/aromatic N) is 2. The fourth-order valence-electron chi connectivity index (χ4n) is 3.75. The Bertz CT molecular complexity index is 842. The molecule has 1 aliphatic rings. The minimum Gasteiger partial charge on any atom is -0.353 e. The van der Waals surface area contributed by atoms with Gasteiger partial charge in [-0.3, -0.25) is 4.90 Å². The van der Waals surface area contributed by atoms with Crippen molar-refractivity contribution in [2.45, 2.75) is 37.5 Å². The summed E-state index contributed by atoms with van der Waals surface area (Å²) in [5.41, 5.74) is 1.55. The van der Waals surface area contributed by atoms with E-state index in [4.69, 9.17) is 0 Å². The van der Waals surface area contributed by atoms with Crippen molar-refractivity contribution in [1.29, 1.82) is 0 Å². The maximum Gasteiger partial charge on any atom is 0.215 e. The highest BCUT2D eigenvalue weighted by Crippen LogP contribution is 2.24. The van der Waals surface area contributed by atoms with Crippen molar-refractivity contribution in [2.75, 3.05) is 19.6 Å². The Labute approximate surface area is 161 Å². The van der Waals surface area contributed by atoms with Crippen LogP contribution < -0.4 is 4.72 Å². The molecule has 0 saturated carbocycles. The maximum absolute atomic E-state index is 13.3. The molecule has 1 N–H and O–H groups in total. The van der Waals surface area contributed by atoms with Crippen molar-refractivity contribution in [3.8, 4) is 0 Å². The largest absolute Gasteiger partial charge is 0.353 e. The van der Waals surface area contributed by atoms with Crippen molar-refractivity contribution < 1.29 is 12.8 Å². The van der Waals surface area contributed by atoms with Crippen LogP contribution >= 0.6 is 0 Å². The van der Waals surface area contributed by atoms with Crippen LogP contribution in [0.1, 0.15) is 43.0 Å². The van der Waals surface area contributed by atoms with Crippen LogP contribution in [0.5, 0.6) is 0 Å². The Hall–Kier alpha value is -1.70. The average molecular weight is 394 g/mol. The number of rotatable bonds is 7. The Balaban J connectivity index is 1.72. The number of likely N-dealkylation sites (tertiary alicyclic amines) is 1. The number of hydrogen-bond acceptors (Lipinski definition) is 3. The first-order chi connectivity index (χ1) is 12.9. The summed E-state index contributed by atoms with van der Waals surface area (Å²) in [5, 5.41) is 0. The van der Waals surface area contributed by atoms with Gasteiger partial charge < -0.3 is 4.57 Å².